The van der Waals surface area contributed by atoms with Gasteiger partial charge < -0.3 is 33.2 Å². The molecule has 0 spiro atoms. The number of nitrogens with one attached hydrogen (secondary N) is 3. The number of anilines is 8. The van der Waals surface area contributed by atoms with Crippen molar-refractivity contribution in [2.24, 2.45) is 0 Å². The third kappa shape index (κ3) is 14.5. The van der Waals surface area contributed by atoms with Crippen molar-refractivity contribution in [2.45, 2.75) is 6.92 Å². The van der Waals surface area contributed by atoms with Gasteiger partial charge in [0.05, 0.1) is 0 Å². The normalized spacial score (nSPS) is 9.64. The van der Waals surface area contributed by atoms with Crippen LogP contribution >= 0.6 is 34.8 Å². The van der Waals surface area contributed by atoms with Crippen molar-refractivity contribution in [3.63, 3.8) is 0 Å². The summed E-state index contributed by atoms with van der Waals surface area (Å²) < 4.78 is 0. The number of aromatic nitrogens is 6. The zero-order chi connectivity index (χ0) is 34.0. The number of hydrogen-bond acceptors (Lipinski definition) is 12. The van der Waals surface area contributed by atoms with Crippen LogP contribution in [0.1, 0.15) is 5.82 Å². The van der Waals surface area contributed by atoms with Crippen LogP contribution < -0.4 is 33.2 Å². The highest BCUT2D eigenvalue weighted by atomic mass is 35.5. The van der Waals surface area contributed by atoms with Crippen LogP contribution in [0.5, 0.6) is 0 Å². The van der Waals surface area contributed by atoms with Gasteiger partial charge in [-0.3, -0.25) is 0 Å². The molecular weight excluding hydrogens is 659 g/mol. The monoisotopic (exact) mass is 690 g/mol. The number of rotatable bonds is 5. The Bertz CT molecular complexity index is 1750. The third-order valence-electron chi connectivity index (χ3n) is 5.45. The summed E-state index contributed by atoms with van der Waals surface area (Å²) in [6.07, 6.45) is 0. The molecule has 6 rings (SSSR count). The quantitative estimate of drug-likeness (QED) is 0.0969. The molecular formula is C32H33Cl3N12. The second-order valence-corrected chi connectivity index (χ2v) is 10.2. The standard InChI is InChI=1S/C17H18N6.C6H8N2.C6H7N.C3Cl3N3/c1-12-19-16(21-13-7-4-3-5-8-13)23-17(20-12)22-15-10-6-9-14(11-15)18-2;7-5-2-1-3-6(8)4-5;7-6-4-2-1-3-5-6;4-1-7-2(5)9-3(6)8-1/h3-11,18H,1-2H3,(H2,19,20,21,22,23);1-4H,7-8H2;1-5H,7H2;. The first-order chi connectivity index (χ1) is 22.6. The first-order valence-corrected chi connectivity index (χ1v) is 15.0. The SMILES string of the molecule is CNc1cccc(Nc2nc(C)nc(Nc3ccccc3)n2)c1.Clc1nc(Cl)nc(Cl)n1.Nc1cccc(N)c1.Nc1ccccc1. The summed E-state index contributed by atoms with van der Waals surface area (Å²) in [5, 5.41) is 9.49. The van der Waals surface area contributed by atoms with Crippen molar-refractivity contribution in [1.29, 1.82) is 0 Å². The summed E-state index contributed by atoms with van der Waals surface area (Å²) in [6.45, 7) is 1.84. The van der Waals surface area contributed by atoms with Gasteiger partial charge >= 0.3 is 0 Å². The molecule has 0 aliphatic heterocycles. The predicted molar refractivity (Wildman–Crippen MR) is 195 cm³/mol. The number of nitrogen functional groups attached to an aromatic ring is 3. The number of nitrogens with zero attached hydrogens (tertiary/aromatic N) is 6. The fourth-order valence-electron chi connectivity index (χ4n) is 3.44. The molecule has 12 nitrogen and oxygen atoms in total. The van der Waals surface area contributed by atoms with Crippen LogP contribution in [-0.2, 0) is 0 Å². The molecule has 0 bridgehead atoms. The van der Waals surface area contributed by atoms with Gasteiger partial charge in [-0.25, -0.2) is 0 Å². The first-order valence-electron chi connectivity index (χ1n) is 13.8. The van der Waals surface area contributed by atoms with Crippen molar-refractivity contribution >= 4 is 80.8 Å². The van der Waals surface area contributed by atoms with Gasteiger partial charge in [0.2, 0.25) is 27.7 Å². The Morgan fingerprint density at radius 3 is 1.34 bits per heavy atom. The smallest absolute Gasteiger partial charge is 0.232 e. The van der Waals surface area contributed by atoms with Crippen molar-refractivity contribution in [3.8, 4) is 0 Å². The maximum Gasteiger partial charge on any atom is 0.232 e. The van der Waals surface area contributed by atoms with Crippen LogP contribution in [0.2, 0.25) is 15.9 Å². The molecule has 0 saturated carbocycles. The molecule has 0 saturated heterocycles. The summed E-state index contributed by atoms with van der Waals surface area (Å²) in [7, 11) is 1.88. The maximum atomic E-state index is 5.38. The van der Waals surface area contributed by atoms with Crippen molar-refractivity contribution in [3.05, 3.63) is 131 Å². The van der Waals surface area contributed by atoms with Gasteiger partial charge in [-0.05, 0) is 102 Å². The van der Waals surface area contributed by atoms with Gasteiger partial charge in [-0.15, -0.1) is 0 Å². The van der Waals surface area contributed by atoms with E-state index in [9.17, 15) is 0 Å². The molecule has 242 valence electrons. The molecule has 15 heteroatoms. The number of aryl methyl sites for hydroxylation is 1. The minimum atomic E-state index is 0.000000000000000444. The largest absolute Gasteiger partial charge is 0.399 e. The van der Waals surface area contributed by atoms with E-state index in [1.54, 1.807) is 18.2 Å². The van der Waals surface area contributed by atoms with Gasteiger partial charge in [0, 0.05) is 41.2 Å². The number of benzene rings is 4. The van der Waals surface area contributed by atoms with Gasteiger partial charge in [-0.1, -0.05) is 48.5 Å². The fourth-order valence-corrected chi connectivity index (χ4v) is 4.05. The molecule has 9 N–H and O–H groups in total. The lowest BCUT2D eigenvalue weighted by atomic mass is 10.3. The molecule has 4 aromatic carbocycles. The molecule has 2 heterocycles. The van der Waals surface area contributed by atoms with Crippen LogP contribution in [0.3, 0.4) is 0 Å². The molecule has 0 aliphatic rings. The highest BCUT2D eigenvalue weighted by Crippen LogP contribution is 2.19. The number of hydrogen-bond donors (Lipinski definition) is 6. The molecule has 0 aliphatic carbocycles. The Hall–Kier alpha value is -5.43. The number of para-hydroxylation sites is 2. The fraction of sp³-hybridized carbons (Fsp3) is 0.0625. The average molecular weight is 692 g/mol. The molecule has 2 aromatic heterocycles. The summed E-state index contributed by atoms with van der Waals surface area (Å²) >= 11 is 16.0. The minimum Gasteiger partial charge on any atom is -0.399 e. The van der Waals surface area contributed by atoms with E-state index in [1.165, 1.54) is 0 Å². The van der Waals surface area contributed by atoms with Crippen LogP contribution in [0, 0.1) is 6.92 Å². The zero-order valence-electron chi connectivity index (χ0n) is 25.4. The third-order valence-corrected chi connectivity index (χ3v) is 5.96. The molecule has 0 unspecified atom stereocenters. The highest BCUT2D eigenvalue weighted by molar-refractivity contribution is 6.33. The molecule has 47 heavy (non-hydrogen) atoms. The topological polar surface area (TPSA) is 191 Å². The summed E-state index contributed by atoms with van der Waals surface area (Å²) in [5.74, 6) is 1.66. The second kappa shape index (κ2) is 19.2. The van der Waals surface area contributed by atoms with E-state index in [-0.39, 0.29) is 15.9 Å². The van der Waals surface area contributed by atoms with Gasteiger partial charge in [-0.2, -0.15) is 29.9 Å². The van der Waals surface area contributed by atoms with E-state index in [1.807, 2.05) is 105 Å². The lowest BCUT2D eigenvalue weighted by Gasteiger charge is -2.10. The summed E-state index contributed by atoms with van der Waals surface area (Å²) in [6, 6.07) is 34.3. The summed E-state index contributed by atoms with van der Waals surface area (Å²) in [5.41, 5.74) is 21.2. The van der Waals surface area contributed by atoms with Gasteiger partial charge in [0.1, 0.15) is 5.82 Å². The van der Waals surface area contributed by atoms with Gasteiger partial charge in [0.15, 0.2) is 0 Å². The Morgan fingerprint density at radius 1 is 0.468 bits per heavy atom. The molecule has 0 radical (unpaired) electrons. The highest BCUT2D eigenvalue weighted by Gasteiger charge is 2.05. The summed E-state index contributed by atoms with van der Waals surface area (Å²) in [4.78, 5) is 23.4. The molecule has 0 amide bonds. The van der Waals surface area contributed by atoms with E-state index in [2.05, 4.69) is 45.9 Å². The number of halogens is 3. The van der Waals surface area contributed by atoms with Crippen LogP contribution in [0.4, 0.5) is 46.0 Å². The van der Waals surface area contributed by atoms with E-state index in [0.29, 0.717) is 29.1 Å². The lowest BCUT2D eigenvalue weighted by molar-refractivity contribution is 0.989. The van der Waals surface area contributed by atoms with Crippen molar-refractivity contribution in [2.75, 3.05) is 40.2 Å². The van der Waals surface area contributed by atoms with Gasteiger partial charge in [0.25, 0.3) is 0 Å². The van der Waals surface area contributed by atoms with Crippen molar-refractivity contribution in [1.82, 2.24) is 29.9 Å². The minimum absolute atomic E-state index is 0.000000000000000444. The average Bonchev–Trinajstić information content (AvgIpc) is 3.02. The first kappa shape index (κ1) is 36.0. The molecule has 0 atom stereocenters. The molecule has 6 aromatic rings. The lowest BCUT2D eigenvalue weighted by Crippen LogP contribution is -2.05. The van der Waals surface area contributed by atoms with Crippen molar-refractivity contribution < 1.29 is 0 Å². The Morgan fingerprint density at radius 2 is 0.894 bits per heavy atom. The Balaban J connectivity index is 0.000000203. The Kier molecular flexibility index (Phi) is 14.7. The van der Waals surface area contributed by atoms with E-state index < -0.39 is 0 Å². The van der Waals surface area contributed by atoms with E-state index in [0.717, 1.165) is 22.7 Å². The predicted octanol–water partition coefficient (Wildman–Crippen LogP) is 7.66. The second-order valence-electron chi connectivity index (χ2n) is 9.20. The van der Waals surface area contributed by atoms with Crippen LogP contribution in [0.25, 0.3) is 0 Å². The van der Waals surface area contributed by atoms with E-state index >= 15 is 0 Å². The molecule has 0 fully saturated rings. The van der Waals surface area contributed by atoms with Crippen LogP contribution in [-0.4, -0.2) is 37.0 Å². The maximum absolute atomic E-state index is 5.38. The number of nitrogens with two attached hydrogens (primary N) is 3. The van der Waals surface area contributed by atoms with Crippen LogP contribution in [0.15, 0.2) is 109 Å². The Labute approximate surface area is 287 Å². The zero-order valence-corrected chi connectivity index (χ0v) is 27.7. The van der Waals surface area contributed by atoms with E-state index in [4.69, 9.17) is 52.0 Å².